The van der Waals surface area contributed by atoms with Crippen molar-refractivity contribution < 1.29 is 31.1 Å². The highest BCUT2D eigenvalue weighted by Crippen LogP contribution is 2.53. The molecule has 24 heavy (non-hydrogen) atoms. The number of hydrogen-bond acceptors (Lipinski definition) is 3. The summed E-state index contributed by atoms with van der Waals surface area (Å²) in [4.78, 5) is 34.9. The zero-order valence-electron chi connectivity index (χ0n) is 12.7. The highest BCUT2D eigenvalue weighted by atomic mass is 19.4. The van der Waals surface area contributed by atoms with Gasteiger partial charge in [-0.25, -0.2) is 4.79 Å². The quantitative estimate of drug-likeness (QED) is 0.831. The zero-order chi connectivity index (χ0) is 19.1. The fraction of sp³-hybridized carbons (Fsp3) is 0.583. The summed E-state index contributed by atoms with van der Waals surface area (Å²) in [6, 6.07) is 0.548. The van der Waals surface area contributed by atoms with Crippen LogP contribution in [0.15, 0.2) is 15.7 Å². The van der Waals surface area contributed by atoms with E-state index in [4.69, 9.17) is 0 Å². The van der Waals surface area contributed by atoms with Crippen molar-refractivity contribution in [3.8, 4) is 0 Å². The molecule has 0 saturated heterocycles. The van der Waals surface area contributed by atoms with Gasteiger partial charge < -0.3 is 5.32 Å². The fourth-order valence-electron chi connectivity index (χ4n) is 2.06. The van der Waals surface area contributed by atoms with E-state index in [0.717, 1.165) is 14.1 Å². The van der Waals surface area contributed by atoms with Crippen LogP contribution in [0.25, 0.3) is 0 Å². The first-order valence-electron chi connectivity index (χ1n) is 6.42. The Morgan fingerprint density at radius 3 is 1.88 bits per heavy atom. The summed E-state index contributed by atoms with van der Waals surface area (Å²) in [6.07, 6.45) is -13.5. The van der Waals surface area contributed by atoms with E-state index in [-0.39, 0.29) is 0 Å². The van der Waals surface area contributed by atoms with E-state index in [0.29, 0.717) is 22.1 Å². The number of amides is 1. The average Bonchev–Trinajstić information content (AvgIpc) is 2.40. The monoisotopic (exact) mass is 361 g/mol. The third-order valence-electron chi connectivity index (χ3n) is 3.65. The molecule has 0 radical (unpaired) electrons. The van der Waals surface area contributed by atoms with Crippen molar-refractivity contribution in [1.29, 1.82) is 0 Å². The Kier molecular flexibility index (Phi) is 4.93. The van der Waals surface area contributed by atoms with Gasteiger partial charge in [0.25, 0.3) is 5.56 Å². The van der Waals surface area contributed by atoms with Gasteiger partial charge in [-0.1, -0.05) is 6.92 Å². The smallest absolute Gasteiger partial charge is 0.311 e. The van der Waals surface area contributed by atoms with Gasteiger partial charge in [-0.15, -0.1) is 0 Å². The van der Waals surface area contributed by atoms with Gasteiger partial charge in [0.2, 0.25) is 11.3 Å². The number of aromatic nitrogens is 2. The molecule has 0 aromatic carbocycles. The number of rotatable bonds is 3. The maximum atomic E-state index is 13.0. The van der Waals surface area contributed by atoms with Crippen molar-refractivity contribution in [2.75, 3.05) is 5.32 Å². The predicted molar refractivity (Wildman–Crippen MR) is 70.4 cm³/mol. The third-order valence-corrected chi connectivity index (χ3v) is 3.65. The summed E-state index contributed by atoms with van der Waals surface area (Å²) in [7, 11) is 2.03. The minimum atomic E-state index is -5.93. The van der Waals surface area contributed by atoms with E-state index in [9.17, 15) is 40.7 Å². The van der Waals surface area contributed by atoms with E-state index in [2.05, 4.69) is 0 Å². The van der Waals surface area contributed by atoms with Crippen molar-refractivity contribution in [1.82, 2.24) is 9.13 Å². The summed E-state index contributed by atoms with van der Waals surface area (Å²) < 4.78 is 79.3. The molecule has 1 aromatic rings. The number of nitrogens with one attached hydrogen (secondary N) is 1. The normalized spacial score (nSPS) is 13.0. The highest BCUT2D eigenvalue weighted by molar-refractivity contribution is 5.96. The first-order valence-corrected chi connectivity index (χ1v) is 6.42. The number of carbonyl (C=O) groups excluding carboxylic acids is 1. The molecule has 136 valence electrons. The molecule has 1 aromatic heterocycles. The molecule has 0 atom stereocenters. The lowest BCUT2D eigenvalue weighted by molar-refractivity contribution is -0.324. The molecule has 6 nitrogen and oxygen atoms in total. The molecule has 0 fully saturated rings. The molecule has 0 bridgehead atoms. The average molecular weight is 361 g/mol. The Labute approximate surface area is 130 Å². The lowest BCUT2D eigenvalue weighted by Crippen LogP contribution is -2.57. The second-order valence-corrected chi connectivity index (χ2v) is 4.98. The molecule has 1 amide bonds. The van der Waals surface area contributed by atoms with E-state index < -0.39 is 47.2 Å². The number of anilines is 1. The van der Waals surface area contributed by atoms with Crippen molar-refractivity contribution >= 4 is 11.7 Å². The zero-order valence-corrected chi connectivity index (χ0v) is 12.7. The second kappa shape index (κ2) is 5.98. The number of alkyl halides is 6. The number of halogens is 6. The number of carbonyl (C=O) groups is 1. The van der Waals surface area contributed by atoms with Gasteiger partial charge in [0.1, 0.15) is 5.82 Å². The van der Waals surface area contributed by atoms with Gasteiger partial charge in [-0.3, -0.25) is 18.7 Å². The van der Waals surface area contributed by atoms with Crippen LogP contribution in [0.2, 0.25) is 0 Å². The Bertz CT molecular complexity index is 745. The molecular weight excluding hydrogens is 348 g/mol. The van der Waals surface area contributed by atoms with Gasteiger partial charge in [-0.05, 0) is 6.42 Å². The summed E-state index contributed by atoms with van der Waals surface area (Å²) in [5, 5.41) is 1.39. The SMILES string of the molecule is CCC(C(=O)Nc1cc(=O)n(C)c(=O)n1C)(C(F)(F)F)C(F)(F)F. The number of hydrogen-bond donors (Lipinski definition) is 1. The molecule has 12 heteroatoms. The van der Waals surface area contributed by atoms with Gasteiger partial charge in [0.15, 0.2) is 0 Å². The topological polar surface area (TPSA) is 73.1 Å². The lowest BCUT2D eigenvalue weighted by Gasteiger charge is -2.35. The van der Waals surface area contributed by atoms with Crippen LogP contribution >= 0.6 is 0 Å². The van der Waals surface area contributed by atoms with Gasteiger partial charge in [-0.2, -0.15) is 26.3 Å². The molecule has 1 rings (SSSR count). The molecular formula is C12H13F6N3O3. The highest BCUT2D eigenvalue weighted by Gasteiger charge is 2.74. The molecule has 0 aliphatic rings. The first kappa shape index (κ1) is 19.8. The van der Waals surface area contributed by atoms with Gasteiger partial charge in [0.05, 0.1) is 0 Å². The standard InChI is InChI=1S/C12H13F6N3O3/c1-4-10(11(13,14)15,12(16,17)18)8(23)19-6-5-7(22)21(3)9(24)20(6)2/h5H,4H2,1-3H3,(H,19,23). The van der Waals surface area contributed by atoms with Crippen LogP contribution in [0.4, 0.5) is 32.2 Å². The lowest BCUT2D eigenvalue weighted by atomic mass is 9.82. The second-order valence-electron chi connectivity index (χ2n) is 4.98. The largest absolute Gasteiger partial charge is 0.412 e. The summed E-state index contributed by atoms with van der Waals surface area (Å²) in [6.45, 7) is 0.559. The molecule has 0 spiro atoms. The first-order chi connectivity index (χ1) is 10.7. The van der Waals surface area contributed by atoms with Crippen LogP contribution in [0.1, 0.15) is 13.3 Å². The van der Waals surface area contributed by atoms with Gasteiger partial charge >= 0.3 is 18.0 Å². The Morgan fingerprint density at radius 2 is 1.50 bits per heavy atom. The molecule has 0 unspecified atom stereocenters. The number of nitrogens with zero attached hydrogens (tertiary/aromatic N) is 2. The van der Waals surface area contributed by atoms with Crippen molar-refractivity contribution in [2.45, 2.75) is 25.7 Å². The van der Waals surface area contributed by atoms with Crippen LogP contribution in [0, 0.1) is 5.41 Å². The van der Waals surface area contributed by atoms with Crippen LogP contribution in [0.5, 0.6) is 0 Å². The summed E-state index contributed by atoms with van der Waals surface area (Å²) in [5.41, 5.74) is -6.70. The molecule has 0 saturated carbocycles. The minimum Gasteiger partial charge on any atom is -0.311 e. The molecule has 1 N–H and O–H groups in total. The summed E-state index contributed by atoms with van der Waals surface area (Å²) in [5.74, 6) is -3.20. The summed E-state index contributed by atoms with van der Waals surface area (Å²) >= 11 is 0. The molecule has 0 aliphatic carbocycles. The van der Waals surface area contributed by atoms with Gasteiger partial charge in [0, 0.05) is 20.2 Å². The Hall–Kier alpha value is -2.27. The van der Waals surface area contributed by atoms with Crippen LogP contribution in [-0.2, 0) is 18.9 Å². The molecule has 0 aliphatic heterocycles. The predicted octanol–water partition coefficient (Wildman–Crippen LogP) is 1.54. The Balaban J connectivity index is 3.50. The van der Waals surface area contributed by atoms with E-state index in [1.54, 1.807) is 0 Å². The maximum Gasteiger partial charge on any atom is 0.412 e. The fourth-order valence-corrected chi connectivity index (χ4v) is 2.06. The van der Waals surface area contributed by atoms with Crippen LogP contribution in [0.3, 0.4) is 0 Å². The Morgan fingerprint density at radius 1 is 1.04 bits per heavy atom. The third kappa shape index (κ3) is 2.91. The van der Waals surface area contributed by atoms with E-state index in [1.165, 1.54) is 5.32 Å². The minimum absolute atomic E-state index is 0.548. The van der Waals surface area contributed by atoms with Crippen molar-refractivity contribution in [3.63, 3.8) is 0 Å². The van der Waals surface area contributed by atoms with E-state index in [1.807, 2.05) is 0 Å². The van der Waals surface area contributed by atoms with Crippen LogP contribution < -0.4 is 16.6 Å². The van der Waals surface area contributed by atoms with E-state index >= 15 is 0 Å². The molecule has 1 heterocycles. The maximum absolute atomic E-state index is 13.0. The van der Waals surface area contributed by atoms with Crippen molar-refractivity contribution in [3.05, 3.63) is 26.9 Å². The van der Waals surface area contributed by atoms with Crippen LogP contribution in [-0.4, -0.2) is 27.4 Å². The van der Waals surface area contributed by atoms with Crippen molar-refractivity contribution in [2.24, 2.45) is 19.5 Å².